The van der Waals surface area contributed by atoms with E-state index in [1.807, 2.05) is 13.8 Å². The number of hydrogen-bond acceptors (Lipinski definition) is 3. The van der Waals surface area contributed by atoms with Crippen molar-refractivity contribution in [2.24, 2.45) is 5.73 Å². The number of nitrogens with one attached hydrogen (secondary N) is 1. The topological polar surface area (TPSA) is 58.4 Å². The largest absolute Gasteiger partial charge is 0.349 e. The van der Waals surface area contributed by atoms with E-state index in [-0.39, 0.29) is 11.4 Å². The van der Waals surface area contributed by atoms with Gasteiger partial charge in [-0.1, -0.05) is 26.7 Å². The van der Waals surface area contributed by atoms with E-state index in [4.69, 9.17) is 5.73 Å². The molecule has 1 saturated carbocycles. The molecule has 0 unspecified atom stereocenters. The SMILES string of the molecule is CC.CN1CCC(C)(NC(=O)C2(N)CCCC2)CC1. The zero-order chi connectivity index (χ0) is 14.5. The molecule has 4 nitrogen and oxygen atoms in total. The van der Waals surface area contributed by atoms with Gasteiger partial charge >= 0.3 is 0 Å². The van der Waals surface area contributed by atoms with Crippen LogP contribution in [0.5, 0.6) is 0 Å². The summed E-state index contributed by atoms with van der Waals surface area (Å²) < 4.78 is 0. The minimum atomic E-state index is -0.591. The zero-order valence-electron chi connectivity index (χ0n) is 13.1. The molecule has 2 fully saturated rings. The van der Waals surface area contributed by atoms with E-state index >= 15 is 0 Å². The molecule has 0 bridgehead atoms. The van der Waals surface area contributed by atoms with E-state index in [2.05, 4.69) is 24.2 Å². The molecule has 112 valence electrons. The molecule has 2 rings (SSSR count). The van der Waals surface area contributed by atoms with Crippen molar-refractivity contribution in [3.05, 3.63) is 0 Å². The van der Waals surface area contributed by atoms with Crippen LogP contribution in [0.3, 0.4) is 0 Å². The third-order valence-corrected chi connectivity index (χ3v) is 4.45. The van der Waals surface area contributed by atoms with Gasteiger partial charge < -0.3 is 16.0 Å². The molecule has 4 heteroatoms. The van der Waals surface area contributed by atoms with Gasteiger partial charge in [-0.3, -0.25) is 4.79 Å². The molecule has 0 aromatic rings. The van der Waals surface area contributed by atoms with E-state index < -0.39 is 5.54 Å². The Morgan fingerprint density at radius 2 is 1.58 bits per heavy atom. The number of hydrogen-bond donors (Lipinski definition) is 2. The summed E-state index contributed by atoms with van der Waals surface area (Å²) in [5.74, 6) is 0.0713. The first kappa shape index (κ1) is 16.4. The fraction of sp³-hybridized carbons (Fsp3) is 0.933. The molecular formula is C15H31N3O. The Kier molecular flexibility index (Phi) is 5.81. The van der Waals surface area contributed by atoms with Crippen molar-refractivity contribution in [3.8, 4) is 0 Å². The van der Waals surface area contributed by atoms with Gasteiger partial charge in [0.2, 0.25) is 5.91 Å². The summed E-state index contributed by atoms with van der Waals surface area (Å²) in [4.78, 5) is 14.6. The van der Waals surface area contributed by atoms with Gasteiger partial charge in [-0.05, 0) is 39.7 Å². The van der Waals surface area contributed by atoms with Crippen molar-refractivity contribution in [1.29, 1.82) is 0 Å². The third kappa shape index (κ3) is 4.18. The van der Waals surface area contributed by atoms with Crippen LogP contribution in [-0.4, -0.2) is 42.0 Å². The number of amides is 1. The van der Waals surface area contributed by atoms with Gasteiger partial charge in [-0.25, -0.2) is 0 Å². The number of likely N-dealkylation sites (tertiary alicyclic amines) is 1. The van der Waals surface area contributed by atoms with E-state index in [1.54, 1.807) is 0 Å². The molecule has 2 aliphatic rings. The number of carbonyl (C=O) groups excluding carboxylic acids is 1. The molecule has 1 aliphatic carbocycles. The minimum Gasteiger partial charge on any atom is -0.349 e. The van der Waals surface area contributed by atoms with Crippen LogP contribution in [0, 0.1) is 0 Å². The zero-order valence-corrected chi connectivity index (χ0v) is 13.1. The molecule has 0 aromatic heterocycles. The average Bonchev–Trinajstić information content (AvgIpc) is 2.84. The molecule has 1 aliphatic heterocycles. The lowest BCUT2D eigenvalue weighted by molar-refractivity contribution is -0.128. The summed E-state index contributed by atoms with van der Waals surface area (Å²) in [5, 5.41) is 3.21. The Labute approximate surface area is 118 Å². The first-order valence-corrected chi connectivity index (χ1v) is 7.74. The minimum absolute atomic E-state index is 0.0570. The number of piperidine rings is 1. The van der Waals surface area contributed by atoms with E-state index in [0.29, 0.717) is 0 Å². The van der Waals surface area contributed by atoms with Crippen LogP contribution in [0.25, 0.3) is 0 Å². The molecule has 1 amide bonds. The first-order chi connectivity index (χ1) is 8.94. The van der Waals surface area contributed by atoms with Gasteiger partial charge in [-0.2, -0.15) is 0 Å². The van der Waals surface area contributed by atoms with E-state index in [0.717, 1.165) is 51.6 Å². The normalized spacial score (nSPS) is 25.3. The standard InChI is InChI=1S/C13H25N3O.C2H6/c1-12(7-9-16(2)10-8-12)15-11(17)13(14)5-3-4-6-13;1-2/h3-10,14H2,1-2H3,(H,15,17);1-2H3. The lowest BCUT2D eigenvalue weighted by Gasteiger charge is -2.40. The van der Waals surface area contributed by atoms with E-state index in [9.17, 15) is 4.79 Å². The van der Waals surface area contributed by atoms with Crippen LogP contribution in [0.15, 0.2) is 0 Å². The predicted molar refractivity (Wildman–Crippen MR) is 80.0 cm³/mol. The van der Waals surface area contributed by atoms with Crippen molar-refractivity contribution in [1.82, 2.24) is 10.2 Å². The van der Waals surface area contributed by atoms with Crippen LogP contribution in [0.4, 0.5) is 0 Å². The monoisotopic (exact) mass is 269 g/mol. The summed E-state index contributed by atoms with van der Waals surface area (Å²) in [6.07, 6.45) is 5.90. The molecule has 0 atom stereocenters. The molecule has 0 aromatic carbocycles. The number of rotatable bonds is 2. The lowest BCUT2D eigenvalue weighted by Crippen LogP contribution is -2.60. The molecule has 0 spiro atoms. The lowest BCUT2D eigenvalue weighted by atomic mass is 9.87. The molecule has 19 heavy (non-hydrogen) atoms. The summed E-state index contributed by atoms with van der Waals surface area (Å²) in [6, 6.07) is 0. The highest BCUT2D eigenvalue weighted by molar-refractivity contribution is 5.87. The van der Waals surface area contributed by atoms with Crippen LogP contribution < -0.4 is 11.1 Å². The van der Waals surface area contributed by atoms with Gasteiger partial charge in [0.05, 0.1) is 5.54 Å². The van der Waals surface area contributed by atoms with Gasteiger partial charge in [-0.15, -0.1) is 0 Å². The summed E-state index contributed by atoms with van der Waals surface area (Å²) >= 11 is 0. The highest BCUT2D eigenvalue weighted by atomic mass is 16.2. The second kappa shape index (κ2) is 6.71. The van der Waals surface area contributed by atoms with Gasteiger partial charge in [0, 0.05) is 18.6 Å². The highest BCUT2D eigenvalue weighted by Crippen LogP contribution is 2.29. The van der Waals surface area contributed by atoms with Gasteiger partial charge in [0.15, 0.2) is 0 Å². The van der Waals surface area contributed by atoms with Crippen LogP contribution in [0.1, 0.15) is 59.3 Å². The Morgan fingerprint density at radius 3 is 2.05 bits per heavy atom. The molecule has 3 N–H and O–H groups in total. The Hall–Kier alpha value is -0.610. The Morgan fingerprint density at radius 1 is 1.11 bits per heavy atom. The van der Waals surface area contributed by atoms with Crippen molar-refractivity contribution in [2.75, 3.05) is 20.1 Å². The Bertz CT molecular complexity index is 290. The highest BCUT2D eigenvalue weighted by Gasteiger charge is 2.40. The fourth-order valence-electron chi connectivity index (χ4n) is 2.87. The number of carbonyl (C=O) groups is 1. The maximum atomic E-state index is 12.3. The predicted octanol–water partition coefficient (Wildman–Crippen LogP) is 1.88. The summed E-state index contributed by atoms with van der Waals surface area (Å²) in [6.45, 7) is 8.25. The third-order valence-electron chi connectivity index (χ3n) is 4.45. The fourth-order valence-corrected chi connectivity index (χ4v) is 2.87. The van der Waals surface area contributed by atoms with Gasteiger partial charge in [0.25, 0.3) is 0 Å². The maximum absolute atomic E-state index is 12.3. The number of nitrogens with two attached hydrogens (primary N) is 1. The quantitative estimate of drug-likeness (QED) is 0.805. The van der Waals surface area contributed by atoms with Crippen molar-refractivity contribution in [2.45, 2.75) is 70.4 Å². The number of nitrogens with zero attached hydrogens (tertiary/aromatic N) is 1. The Balaban J connectivity index is 0.000000861. The molecule has 1 heterocycles. The smallest absolute Gasteiger partial charge is 0.240 e. The average molecular weight is 269 g/mol. The van der Waals surface area contributed by atoms with Crippen molar-refractivity contribution >= 4 is 5.91 Å². The first-order valence-electron chi connectivity index (χ1n) is 7.74. The van der Waals surface area contributed by atoms with Crippen molar-refractivity contribution in [3.63, 3.8) is 0 Å². The second-order valence-electron chi connectivity index (χ2n) is 6.18. The van der Waals surface area contributed by atoms with Crippen LogP contribution in [0.2, 0.25) is 0 Å². The maximum Gasteiger partial charge on any atom is 0.240 e. The van der Waals surface area contributed by atoms with E-state index in [1.165, 1.54) is 0 Å². The summed E-state index contributed by atoms with van der Waals surface area (Å²) in [7, 11) is 2.13. The van der Waals surface area contributed by atoms with Crippen molar-refractivity contribution < 1.29 is 4.79 Å². The molecular weight excluding hydrogens is 238 g/mol. The van der Waals surface area contributed by atoms with Gasteiger partial charge in [0.1, 0.15) is 0 Å². The molecule has 0 radical (unpaired) electrons. The van der Waals surface area contributed by atoms with Crippen LogP contribution >= 0.6 is 0 Å². The van der Waals surface area contributed by atoms with Crippen LogP contribution in [-0.2, 0) is 4.79 Å². The second-order valence-corrected chi connectivity index (χ2v) is 6.18. The molecule has 1 saturated heterocycles. The summed E-state index contributed by atoms with van der Waals surface area (Å²) in [5.41, 5.74) is 5.54.